The van der Waals surface area contributed by atoms with Crippen molar-refractivity contribution in [3.63, 3.8) is 0 Å². The first-order chi connectivity index (χ1) is 10.3. The Balaban J connectivity index is 1.64. The summed E-state index contributed by atoms with van der Waals surface area (Å²) in [6.07, 6.45) is 5.61. The van der Waals surface area contributed by atoms with Crippen molar-refractivity contribution < 1.29 is 18.4 Å². The van der Waals surface area contributed by atoms with Gasteiger partial charge in [-0.25, -0.2) is 4.79 Å². The number of ether oxygens (including phenoxy) is 1. The van der Waals surface area contributed by atoms with Crippen LogP contribution in [0.2, 0.25) is 0 Å². The molecule has 104 valence electrons. The van der Waals surface area contributed by atoms with Gasteiger partial charge in [0.2, 0.25) is 12.3 Å². The monoisotopic (exact) mass is 282 g/mol. The lowest BCUT2D eigenvalue weighted by atomic mass is 10.2. The van der Waals surface area contributed by atoms with Gasteiger partial charge < -0.3 is 13.6 Å². The zero-order chi connectivity index (χ0) is 14.5. The third kappa shape index (κ3) is 3.24. The minimum atomic E-state index is -0.489. The second-order valence-corrected chi connectivity index (χ2v) is 4.04. The van der Waals surface area contributed by atoms with Crippen molar-refractivity contribution in [3.05, 3.63) is 60.9 Å². The molecule has 6 heteroatoms. The van der Waals surface area contributed by atoms with Crippen LogP contribution in [0.3, 0.4) is 0 Å². The van der Waals surface area contributed by atoms with Crippen molar-refractivity contribution in [2.24, 2.45) is 0 Å². The number of furan rings is 1. The van der Waals surface area contributed by atoms with Crippen molar-refractivity contribution in [2.75, 3.05) is 0 Å². The predicted octanol–water partition coefficient (Wildman–Crippen LogP) is 2.95. The van der Waals surface area contributed by atoms with E-state index in [1.807, 2.05) is 0 Å². The largest absolute Gasteiger partial charge is 0.465 e. The lowest BCUT2D eigenvalue weighted by Crippen LogP contribution is -2.03. The Hall–Kier alpha value is -3.15. The summed E-state index contributed by atoms with van der Waals surface area (Å²) in [4.78, 5) is 11.6. The van der Waals surface area contributed by atoms with Gasteiger partial charge in [-0.2, -0.15) is 0 Å². The van der Waals surface area contributed by atoms with Gasteiger partial charge in [0, 0.05) is 11.6 Å². The molecule has 1 aromatic carbocycles. The van der Waals surface area contributed by atoms with Gasteiger partial charge in [-0.3, -0.25) is 0 Å². The van der Waals surface area contributed by atoms with E-state index in [1.165, 1.54) is 24.8 Å². The number of hydrogen-bond acceptors (Lipinski definition) is 6. The van der Waals surface area contributed by atoms with Crippen molar-refractivity contribution in [3.8, 4) is 17.2 Å². The van der Waals surface area contributed by atoms with Crippen LogP contribution in [0, 0.1) is 0 Å². The summed E-state index contributed by atoms with van der Waals surface area (Å²) in [5, 5.41) is 7.39. The molecule has 21 heavy (non-hydrogen) atoms. The summed E-state index contributed by atoms with van der Waals surface area (Å²) in [6, 6.07) is 10.2. The van der Waals surface area contributed by atoms with Gasteiger partial charge >= 0.3 is 5.97 Å². The van der Waals surface area contributed by atoms with Gasteiger partial charge in [-0.15, -0.1) is 10.2 Å². The summed E-state index contributed by atoms with van der Waals surface area (Å²) in [7, 11) is 0. The van der Waals surface area contributed by atoms with E-state index in [1.54, 1.807) is 36.4 Å². The first-order valence-electron chi connectivity index (χ1n) is 6.11. The first-order valence-corrected chi connectivity index (χ1v) is 6.11. The van der Waals surface area contributed by atoms with E-state index in [2.05, 4.69) is 10.2 Å². The van der Waals surface area contributed by atoms with Gasteiger partial charge in [0.1, 0.15) is 11.5 Å². The molecule has 0 aliphatic heterocycles. The third-order valence-electron chi connectivity index (χ3n) is 2.61. The van der Waals surface area contributed by atoms with Gasteiger partial charge in [-0.1, -0.05) is 0 Å². The molecular formula is C15H10N2O4. The molecule has 0 amide bonds. The van der Waals surface area contributed by atoms with E-state index < -0.39 is 5.97 Å². The summed E-state index contributed by atoms with van der Waals surface area (Å²) >= 11 is 0. The quantitative estimate of drug-likeness (QED) is 0.416. The fourth-order valence-electron chi connectivity index (χ4n) is 1.65. The minimum Gasteiger partial charge on any atom is -0.465 e. The molecule has 6 nitrogen and oxygen atoms in total. The van der Waals surface area contributed by atoms with Crippen LogP contribution in [0.4, 0.5) is 0 Å². The lowest BCUT2D eigenvalue weighted by molar-refractivity contribution is -0.128. The average molecular weight is 282 g/mol. The van der Waals surface area contributed by atoms with Crippen LogP contribution in [-0.2, 0) is 4.79 Å². The number of rotatable bonds is 4. The molecule has 3 rings (SSSR count). The van der Waals surface area contributed by atoms with Crippen LogP contribution < -0.4 is 4.74 Å². The maximum absolute atomic E-state index is 11.6. The van der Waals surface area contributed by atoms with Crippen LogP contribution >= 0.6 is 0 Å². The number of benzene rings is 1. The number of carbonyl (C=O) groups is 1. The zero-order valence-corrected chi connectivity index (χ0v) is 10.8. The number of hydrogen-bond donors (Lipinski definition) is 0. The molecule has 0 aliphatic rings. The highest BCUT2D eigenvalue weighted by Crippen LogP contribution is 2.20. The average Bonchev–Trinajstić information content (AvgIpc) is 3.19. The molecule has 0 atom stereocenters. The number of carbonyl (C=O) groups excluding carboxylic acids is 1. The summed E-state index contributed by atoms with van der Waals surface area (Å²) in [5.41, 5.74) is 0.749. The molecule has 0 saturated carbocycles. The maximum atomic E-state index is 11.6. The van der Waals surface area contributed by atoms with Crippen LogP contribution in [-0.4, -0.2) is 16.2 Å². The fraction of sp³-hybridized carbons (Fsp3) is 0. The molecule has 0 aliphatic carbocycles. The Labute approximate surface area is 119 Å². The van der Waals surface area contributed by atoms with Gasteiger partial charge in [0.15, 0.2) is 0 Å². The molecule has 0 radical (unpaired) electrons. The molecule has 0 unspecified atom stereocenters. The van der Waals surface area contributed by atoms with E-state index in [-0.39, 0.29) is 0 Å². The van der Waals surface area contributed by atoms with Gasteiger partial charge in [-0.05, 0) is 42.5 Å². The lowest BCUT2D eigenvalue weighted by Gasteiger charge is -2.01. The van der Waals surface area contributed by atoms with Crippen LogP contribution in [0.5, 0.6) is 5.75 Å². The van der Waals surface area contributed by atoms with Crippen molar-refractivity contribution in [2.45, 2.75) is 0 Å². The molecule has 0 bridgehead atoms. The smallest absolute Gasteiger partial charge is 0.336 e. The van der Waals surface area contributed by atoms with E-state index in [4.69, 9.17) is 13.6 Å². The minimum absolute atomic E-state index is 0.408. The number of esters is 1. The second-order valence-electron chi connectivity index (χ2n) is 4.04. The van der Waals surface area contributed by atoms with E-state index >= 15 is 0 Å². The summed E-state index contributed by atoms with van der Waals surface area (Å²) < 4.78 is 15.3. The number of aromatic nitrogens is 2. The van der Waals surface area contributed by atoms with E-state index in [0.717, 1.165) is 5.56 Å². The predicted molar refractivity (Wildman–Crippen MR) is 73.1 cm³/mol. The molecule has 2 heterocycles. The highest BCUT2D eigenvalue weighted by Gasteiger charge is 2.05. The number of nitrogens with zero attached hydrogens (tertiary/aromatic N) is 2. The highest BCUT2D eigenvalue weighted by atomic mass is 16.5. The Morgan fingerprint density at radius 3 is 2.67 bits per heavy atom. The molecule has 2 aromatic heterocycles. The topological polar surface area (TPSA) is 78.4 Å². The highest BCUT2D eigenvalue weighted by molar-refractivity contribution is 5.88. The van der Waals surface area contributed by atoms with Crippen molar-refractivity contribution >= 4 is 12.0 Å². The standard InChI is InChI=1S/C15H10N2O4/c18-14(8-7-12-2-1-9-19-12)21-13-5-3-11(4-6-13)15-17-16-10-20-15/h1-10H/b8-7+. The Kier molecular flexibility index (Phi) is 3.60. The molecule has 0 fully saturated rings. The summed E-state index contributed by atoms with van der Waals surface area (Å²) in [5.74, 6) is 0.925. The van der Waals surface area contributed by atoms with Gasteiger partial charge in [0.25, 0.3) is 0 Å². The molecule has 3 aromatic rings. The van der Waals surface area contributed by atoms with E-state index in [0.29, 0.717) is 17.4 Å². The first kappa shape index (κ1) is 12.9. The molecule has 0 spiro atoms. The molecule has 0 N–H and O–H groups in total. The van der Waals surface area contributed by atoms with Crippen molar-refractivity contribution in [1.82, 2.24) is 10.2 Å². The van der Waals surface area contributed by atoms with Crippen LogP contribution in [0.1, 0.15) is 5.76 Å². The normalized spacial score (nSPS) is 10.9. The Morgan fingerprint density at radius 2 is 2.00 bits per heavy atom. The molecule has 0 saturated heterocycles. The SMILES string of the molecule is O=C(/C=C/c1ccco1)Oc1ccc(-c2nnco2)cc1. The second kappa shape index (κ2) is 5.87. The van der Waals surface area contributed by atoms with Crippen molar-refractivity contribution in [1.29, 1.82) is 0 Å². The van der Waals surface area contributed by atoms with E-state index in [9.17, 15) is 4.79 Å². The maximum Gasteiger partial charge on any atom is 0.336 e. The Bertz CT molecular complexity index is 729. The fourth-order valence-corrected chi connectivity index (χ4v) is 1.65. The zero-order valence-electron chi connectivity index (χ0n) is 10.8. The van der Waals surface area contributed by atoms with Crippen LogP contribution in [0.15, 0.2) is 64.0 Å². The van der Waals surface area contributed by atoms with Crippen LogP contribution in [0.25, 0.3) is 17.5 Å². The molecular weight excluding hydrogens is 272 g/mol. The van der Waals surface area contributed by atoms with Gasteiger partial charge in [0.05, 0.1) is 6.26 Å². The summed E-state index contributed by atoms with van der Waals surface area (Å²) in [6.45, 7) is 0. The third-order valence-corrected chi connectivity index (χ3v) is 2.61. The Morgan fingerprint density at radius 1 is 1.14 bits per heavy atom.